The van der Waals surface area contributed by atoms with Gasteiger partial charge >= 0.3 is 0 Å². The van der Waals surface area contributed by atoms with E-state index in [4.69, 9.17) is 11.6 Å². The molecule has 0 amide bonds. The van der Waals surface area contributed by atoms with Gasteiger partial charge in [0.2, 0.25) is 0 Å². The number of rotatable bonds is 0. The summed E-state index contributed by atoms with van der Waals surface area (Å²) < 4.78 is 0. The highest BCUT2D eigenvalue weighted by Crippen LogP contribution is 2.63. The van der Waals surface area contributed by atoms with Crippen molar-refractivity contribution in [2.75, 3.05) is 0 Å². The molecule has 1 nitrogen and oxygen atoms in total. The van der Waals surface area contributed by atoms with Crippen LogP contribution in [0.5, 0.6) is 0 Å². The fraction of sp³-hybridized carbons (Fsp3) is 0.867. The Labute approximate surface area is 124 Å². The first-order valence-electron chi connectivity index (χ1n) is 6.82. The van der Waals surface area contributed by atoms with Gasteiger partial charge in [0.25, 0.3) is 0 Å². The van der Waals surface area contributed by atoms with Crippen LogP contribution in [0.25, 0.3) is 0 Å². The molecule has 2 aliphatic rings. The largest absolute Gasteiger partial charge is 0.389 e. The highest BCUT2D eigenvalue weighted by molar-refractivity contribution is 9.09. The van der Waals surface area contributed by atoms with Gasteiger partial charge in [0.05, 0.1) is 11.0 Å². The molecule has 18 heavy (non-hydrogen) atoms. The van der Waals surface area contributed by atoms with Gasteiger partial charge in [0.15, 0.2) is 0 Å². The zero-order valence-corrected chi connectivity index (χ0v) is 13.9. The molecular formula is C15H24BrClO. The maximum absolute atomic E-state index is 10.3. The van der Waals surface area contributed by atoms with Gasteiger partial charge in [-0.1, -0.05) is 41.9 Å². The summed E-state index contributed by atoms with van der Waals surface area (Å²) in [5.74, 6) is 0. The summed E-state index contributed by atoms with van der Waals surface area (Å²) in [6, 6.07) is 0. The summed E-state index contributed by atoms with van der Waals surface area (Å²) in [5.41, 5.74) is 0.826. The number of hydrogen-bond donors (Lipinski definition) is 1. The molecule has 2 aliphatic carbocycles. The second-order valence-electron chi connectivity index (χ2n) is 6.94. The van der Waals surface area contributed by atoms with Crippen LogP contribution in [0, 0.1) is 10.8 Å². The molecule has 4 atom stereocenters. The summed E-state index contributed by atoms with van der Waals surface area (Å²) in [5, 5.41) is 10.1. The van der Waals surface area contributed by atoms with Gasteiger partial charge in [-0.2, -0.15) is 0 Å². The van der Waals surface area contributed by atoms with Gasteiger partial charge in [0, 0.05) is 4.83 Å². The fourth-order valence-corrected chi connectivity index (χ4v) is 4.85. The van der Waals surface area contributed by atoms with Gasteiger partial charge in [-0.15, -0.1) is 11.6 Å². The van der Waals surface area contributed by atoms with Crippen molar-refractivity contribution in [1.29, 1.82) is 0 Å². The highest BCUT2D eigenvalue weighted by Gasteiger charge is 2.57. The molecule has 2 rings (SSSR count). The monoisotopic (exact) mass is 334 g/mol. The van der Waals surface area contributed by atoms with Gasteiger partial charge < -0.3 is 5.11 Å². The topological polar surface area (TPSA) is 20.2 Å². The van der Waals surface area contributed by atoms with E-state index >= 15 is 0 Å². The minimum Gasteiger partial charge on any atom is -0.389 e. The third-order valence-electron chi connectivity index (χ3n) is 5.65. The van der Waals surface area contributed by atoms with Crippen molar-refractivity contribution in [3.8, 4) is 0 Å². The Morgan fingerprint density at radius 3 is 2.50 bits per heavy atom. The molecule has 0 aliphatic heterocycles. The van der Waals surface area contributed by atoms with Crippen LogP contribution < -0.4 is 0 Å². The Kier molecular flexibility index (Phi) is 3.71. The van der Waals surface area contributed by atoms with E-state index in [1.165, 1.54) is 5.57 Å². The van der Waals surface area contributed by atoms with Gasteiger partial charge in [-0.05, 0) is 49.9 Å². The smallest absolute Gasteiger partial charge is 0.0783 e. The van der Waals surface area contributed by atoms with Crippen molar-refractivity contribution in [3.05, 3.63) is 12.2 Å². The Morgan fingerprint density at radius 2 is 1.94 bits per heavy atom. The molecule has 0 aromatic heterocycles. The maximum atomic E-state index is 10.3. The van der Waals surface area contributed by atoms with Crippen LogP contribution in [0.3, 0.4) is 0 Å². The van der Waals surface area contributed by atoms with E-state index in [2.05, 4.69) is 36.4 Å². The summed E-state index contributed by atoms with van der Waals surface area (Å²) in [6.45, 7) is 10.8. The summed E-state index contributed by atoms with van der Waals surface area (Å²) >= 11 is 10.3. The number of alkyl halides is 2. The van der Waals surface area contributed by atoms with Crippen LogP contribution in [-0.4, -0.2) is 20.9 Å². The lowest BCUT2D eigenvalue weighted by atomic mass is 9.49. The predicted octanol–water partition coefficient (Wildman–Crippen LogP) is 4.65. The Morgan fingerprint density at radius 1 is 1.33 bits per heavy atom. The summed E-state index contributed by atoms with van der Waals surface area (Å²) in [6.07, 6.45) is 4.83. The van der Waals surface area contributed by atoms with E-state index in [-0.39, 0.29) is 16.2 Å². The normalized spacial score (nSPS) is 48.4. The van der Waals surface area contributed by atoms with E-state index in [9.17, 15) is 5.11 Å². The van der Waals surface area contributed by atoms with Crippen molar-refractivity contribution in [1.82, 2.24) is 0 Å². The zero-order chi connectivity index (χ0) is 13.8. The SMILES string of the molecule is C=C1CC[C@@H](Br)C(C)(C)[C@]12CCC(C)(O)C(Cl)C2. The van der Waals surface area contributed by atoms with Gasteiger partial charge in [0.1, 0.15) is 0 Å². The minimum absolute atomic E-state index is 0.0775. The van der Waals surface area contributed by atoms with E-state index in [0.29, 0.717) is 4.83 Å². The molecule has 0 aromatic rings. The van der Waals surface area contributed by atoms with Gasteiger partial charge in [-0.25, -0.2) is 0 Å². The molecule has 1 spiro atoms. The van der Waals surface area contributed by atoms with Crippen molar-refractivity contribution in [3.63, 3.8) is 0 Å². The Hall–Kier alpha value is 0.470. The molecule has 0 aromatic carbocycles. The molecule has 0 heterocycles. The lowest BCUT2D eigenvalue weighted by Gasteiger charge is -2.59. The molecule has 2 saturated carbocycles. The fourth-order valence-electron chi connectivity index (χ4n) is 3.81. The van der Waals surface area contributed by atoms with Crippen LogP contribution in [0.15, 0.2) is 12.2 Å². The molecule has 2 unspecified atom stereocenters. The van der Waals surface area contributed by atoms with Crippen molar-refractivity contribution in [2.24, 2.45) is 10.8 Å². The Bertz CT molecular complexity index is 364. The zero-order valence-electron chi connectivity index (χ0n) is 11.6. The lowest BCUT2D eigenvalue weighted by Crippen LogP contribution is -2.56. The molecule has 0 saturated heterocycles. The third kappa shape index (κ3) is 1.99. The number of allylic oxidation sites excluding steroid dienone is 1. The standard InChI is InChI=1S/C15H24BrClO/c1-10-5-6-11(16)13(2,3)15(10)8-7-14(4,18)12(17)9-15/h11-12,18H,1,5-9H2,2-4H3/t11-,12?,14?,15+/m1/s1. The number of halogens is 2. The molecular weight excluding hydrogens is 312 g/mol. The molecule has 2 fully saturated rings. The van der Waals surface area contributed by atoms with Crippen LogP contribution in [-0.2, 0) is 0 Å². The first-order chi connectivity index (χ1) is 8.13. The molecule has 3 heteroatoms. The first-order valence-corrected chi connectivity index (χ1v) is 8.17. The van der Waals surface area contributed by atoms with E-state index in [0.717, 1.165) is 32.1 Å². The third-order valence-corrected chi connectivity index (χ3v) is 7.88. The number of hydrogen-bond acceptors (Lipinski definition) is 1. The van der Waals surface area contributed by atoms with Crippen LogP contribution >= 0.6 is 27.5 Å². The average Bonchev–Trinajstić information content (AvgIpc) is 2.27. The highest BCUT2D eigenvalue weighted by atomic mass is 79.9. The van der Waals surface area contributed by atoms with E-state index in [1.807, 2.05) is 6.92 Å². The molecule has 104 valence electrons. The second kappa shape index (κ2) is 4.49. The van der Waals surface area contributed by atoms with E-state index < -0.39 is 5.60 Å². The predicted molar refractivity (Wildman–Crippen MR) is 81.4 cm³/mol. The van der Waals surface area contributed by atoms with Crippen LogP contribution in [0.1, 0.15) is 52.9 Å². The average molecular weight is 336 g/mol. The summed E-state index contributed by atoms with van der Waals surface area (Å²) in [7, 11) is 0. The van der Waals surface area contributed by atoms with Crippen molar-refractivity contribution in [2.45, 2.75) is 68.7 Å². The van der Waals surface area contributed by atoms with Gasteiger partial charge in [-0.3, -0.25) is 0 Å². The van der Waals surface area contributed by atoms with Crippen LogP contribution in [0.4, 0.5) is 0 Å². The van der Waals surface area contributed by atoms with Crippen molar-refractivity contribution < 1.29 is 5.11 Å². The second-order valence-corrected chi connectivity index (χ2v) is 8.57. The summed E-state index contributed by atoms with van der Waals surface area (Å²) in [4.78, 5) is 0.502. The van der Waals surface area contributed by atoms with E-state index in [1.54, 1.807) is 0 Å². The molecule has 0 bridgehead atoms. The maximum Gasteiger partial charge on any atom is 0.0783 e. The molecule has 0 radical (unpaired) electrons. The van der Waals surface area contributed by atoms with Crippen LogP contribution in [0.2, 0.25) is 0 Å². The quantitative estimate of drug-likeness (QED) is 0.504. The first kappa shape index (κ1) is 14.9. The molecule has 1 N–H and O–H groups in total. The van der Waals surface area contributed by atoms with Crippen molar-refractivity contribution >= 4 is 27.5 Å². The number of aliphatic hydroxyl groups is 1. The lowest BCUT2D eigenvalue weighted by molar-refractivity contribution is -0.0506. The Balaban J connectivity index is 2.37. The minimum atomic E-state index is -0.734.